The van der Waals surface area contributed by atoms with Crippen molar-refractivity contribution in [1.82, 2.24) is 14.7 Å². The van der Waals surface area contributed by atoms with E-state index in [2.05, 4.69) is 5.10 Å². The number of carboxylic acid groups (broad SMARTS) is 1. The zero-order valence-electron chi connectivity index (χ0n) is 10.3. The topological polar surface area (TPSA) is 58.4 Å². The van der Waals surface area contributed by atoms with Crippen LogP contribution in [0.25, 0.3) is 0 Å². The summed E-state index contributed by atoms with van der Waals surface area (Å²) in [5, 5.41) is 13.4. The maximum absolute atomic E-state index is 11.0. The maximum atomic E-state index is 11.0. The lowest BCUT2D eigenvalue weighted by Crippen LogP contribution is -2.44. The van der Waals surface area contributed by atoms with Gasteiger partial charge in [0.25, 0.3) is 0 Å². The van der Waals surface area contributed by atoms with Crippen molar-refractivity contribution in [2.75, 3.05) is 13.1 Å². The first kappa shape index (κ1) is 12.1. The Morgan fingerprint density at radius 3 is 3.00 bits per heavy atom. The summed E-state index contributed by atoms with van der Waals surface area (Å²) >= 11 is 0. The molecule has 0 bridgehead atoms. The molecular weight excluding hydrogens is 218 g/mol. The van der Waals surface area contributed by atoms with Crippen LogP contribution in [0.1, 0.15) is 31.4 Å². The molecule has 0 radical (unpaired) electrons. The van der Waals surface area contributed by atoms with Crippen LogP contribution in [0.3, 0.4) is 0 Å². The van der Waals surface area contributed by atoms with Crippen molar-refractivity contribution >= 4 is 5.97 Å². The van der Waals surface area contributed by atoms with Crippen LogP contribution in [0.5, 0.6) is 0 Å². The highest BCUT2D eigenvalue weighted by atomic mass is 16.4. The molecule has 0 saturated carbocycles. The lowest BCUT2D eigenvalue weighted by atomic mass is 9.94. The Balaban J connectivity index is 2.04. The van der Waals surface area contributed by atoms with E-state index in [1.54, 1.807) is 11.6 Å². The van der Waals surface area contributed by atoms with Gasteiger partial charge in [0.15, 0.2) is 0 Å². The average molecular weight is 237 g/mol. The largest absolute Gasteiger partial charge is 0.480 e. The van der Waals surface area contributed by atoms with Gasteiger partial charge in [-0.15, -0.1) is 0 Å². The Labute approximate surface area is 101 Å². The number of hydrogen-bond donors (Lipinski definition) is 1. The van der Waals surface area contributed by atoms with Crippen molar-refractivity contribution in [2.24, 2.45) is 7.05 Å². The number of piperidine rings is 1. The Kier molecular flexibility index (Phi) is 3.47. The van der Waals surface area contributed by atoms with Crippen molar-refractivity contribution in [3.63, 3.8) is 0 Å². The monoisotopic (exact) mass is 237 g/mol. The Bertz CT molecular complexity index is 402. The molecule has 1 aliphatic rings. The lowest BCUT2D eigenvalue weighted by Gasteiger charge is -2.34. The van der Waals surface area contributed by atoms with Crippen molar-refractivity contribution in [2.45, 2.75) is 31.7 Å². The van der Waals surface area contributed by atoms with Crippen LogP contribution >= 0.6 is 0 Å². The highest BCUT2D eigenvalue weighted by Gasteiger charge is 2.28. The van der Waals surface area contributed by atoms with Gasteiger partial charge in [-0.3, -0.25) is 14.4 Å². The van der Waals surface area contributed by atoms with Crippen LogP contribution in [0.2, 0.25) is 0 Å². The minimum Gasteiger partial charge on any atom is -0.480 e. The summed E-state index contributed by atoms with van der Waals surface area (Å²) in [4.78, 5) is 13.0. The third kappa shape index (κ3) is 2.66. The fourth-order valence-electron chi connectivity index (χ4n) is 2.41. The normalized spacial score (nSPS) is 23.5. The van der Waals surface area contributed by atoms with E-state index in [0.29, 0.717) is 5.92 Å². The molecule has 0 aliphatic carbocycles. The number of nitrogens with zero attached hydrogens (tertiary/aromatic N) is 3. The molecule has 5 heteroatoms. The first-order valence-corrected chi connectivity index (χ1v) is 6.04. The summed E-state index contributed by atoms with van der Waals surface area (Å²) in [6.45, 7) is 3.42. The molecule has 1 aliphatic heterocycles. The molecule has 2 heterocycles. The Hall–Kier alpha value is -1.36. The van der Waals surface area contributed by atoms with Crippen molar-refractivity contribution in [1.29, 1.82) is 0 Å². The summed E-state index contributed by atoms with van der Waals surface area (Å²) in [5.74, 6) is -0.376. The van der Waals surface area contributed by atoms with Gasteiger partial charge in [0.2, 0.25) is 0 Å². The van der Waals surface area contributed by atoms with E-state index in [-0.39, 0.29) is 0 Å². The van der Waals surface area contributed by atoms with Gasteiger partial charge >= 0.3 is 5.97 Å². The molecule has 1 fully saturated rings. The lowest BCUT2D eigenvalue weighted by molar-refractivity contribution is -0.143. The fraction of sp³-hybridized carbons (Fsp3) is 0.667. The van der Waals surface area contributed by atoms with E-state index in [1.165, 1.54) is 0 Å². The van der Waals surface area contributed by atoms with E-state index < -0.39 is 12.0 Å². The zero-order chi connectivity index (χ0) is 12.4. The third-order valence-electron chi connectivity index (χ3n) is 3.51. The molecular formula is C12H19N3O2. The Morgan fingerprint density at radius 1 is 1.65 bits per heavy atom. The quantitative estimate of drug-likeness (QED) is 0.854. The highest BCUT2D eigenvalue weighted by molar-refractivity contribution is 5.72. The second kappa shape index (κ2) is 4.87. The molecule has 0 unspecified atom stereocenters. The number of carbonyl (C=O) groups is 1. The van der Waals surface area contributed by atoms with E-state index in [4.69, 9.17) is 5.11 Å². The van der Waals surface area contributed by atoms with Crippen molar-refractivity contribution < 1.29 is 9.90 Å². The molecule has 2 rings (SSSR count). The highest BCUT2D eigenvalue weighted by Crippen LogP contribution is 2.26. The molecule has 0 aromatic carbocycles. The molecule has 5 nitrogen and oxygen atoms in total. The molecule has 94 valence electrons. The van der Waals surface area contributed by atoms with Crippen LogP contribution in [0, 0.1) is 0 Å². The third-order valence-corrected chi connectivity index (χ3v) is 3.51. The molecule has 0 spiro atoms. The van der Waals surface area contributed by atoms with Gasteiger partial charge in [0.1, 0.15) is 6.04 Å². The minimum atomic E-state index is -0.744. The van der Waals surface area contributed by atoms with E-state index in [0.717, 1.165) is 31.6 Å². The predicted molar refractivity (Wildman–Crippen MR) is 63.9 cm³/mol. The van der Waals surface area contributed by atoms with Gasteiger partial charge in [-0.2, -0.15) is 5.10 Å². The van der Waals surface area contributed by atoms with Crippen LogP contribution in [-0.4, -0.2) is 44.9 Å². The maximum Gasteiger partial charge on any atom is 0.320 e. The Morgan fingerprint density at radius 2 is 2.41 bits per heavy atom. The van der Waals surface area contributed by atoms with Crippen LogP contribution < -0.4 is 0 Å². The molecule has 0 amide bonds. The summed E-state index contributed by atoms with van der Waals surface area (Å²) in [6.07, 6.45) is 4.08. The first-order valence-electron chi connectivity index (χ1n) is 6.04. The van der Waals surface area contributed by atoms with Gasteiger partial charge in [0, 0.05) is 25.7 Å². The SMILES string of the molecule is C[C@@H](C(=O)O)N1CCC[C@@H](c2ccn(C)n2)C1. The van der Waals surface area contributed by atoms with E-state index in [1.807, 2.05) is 24.2 Å². The van der Waals surface area contributed by atoms with E-state index in [9.17, 15) is 4.79 Å². The van der Waals surface area contributed by atoms with Gasteiger partial charge in [-0.1, -0.05) is 0 Å². The smallest absolute Gasteiger partial charge is 0.320 e. The van der Waals surface area contributed by atoms with Gasteiger partial charge in [0.05, 0.1) is 5.69 Å². The van der Waals surface area contributed by atoms with Gasteiger partial charge in [-0.25, -0.2) is 0 Å². The molecule has 1 N–H and O–H groups in total. The molecule has 17 heavy (non-hydrogen) atoms. The number of aryl methyl sites for hydroxylation is 1. The van der Waals surface area contributed by atoms with Gasteiger partial charge in [-0.05, 0) is 32.4 Å². The second-order valence-electron chi connectivity index (χ2n) is 4.76. The van der Waals surface area contributed by atoms with Crippen molar-refractivity contribution in [3.05, 3.63) is 18.0 Å². The minimum absolute atomic E-state index is 0.367. The average Bonchev–Trinajstić information content (AvgIpc) is 2.75. The zero-order valence-corrected chi connectivity index (χ0v) is 10.3. The molecule has 1 aromatic rings. The number of likely N-dealkylation sites (tertiary alicyclic amines) is 1. The number of aromatic nitrogens is 2. The second-order valence-corrected chi connectivity index (χ2v) is 4.76. The standard InChI is InChI=1S/C12H19N3O2/c1-9(12(16)17)15-6-3-4-10(8-15)11-5-7-14(2)13-11/h5,7,9-10H,3-4,6,8H2,1-2H3,(H,16,17)/t9-,10+/m0/s1. The number of aliphatic carboxylic acids is 1. The summed E-state index contributed by atoms with van der Waals surface area (Å²) < 4.78 is 1.80. The molecule has 1 aromatic heterocycles. The van der Waals surface area contributed by atoms with Gasteiger partial charge < -0.3 is 5.11 Å². The predicted octanol–water partition coefficient (Wildman–Crippen LogP) is 1.07. The summed E-state index contributed by atoms with van der Waals surface area (Å²) in [5.41, 5.74) is 1.08. The first-order chi connectivity index (χ1) is 8.08. The molecule has 2 atom stereocenters. The number of rotatable bonds is 3. The number of hydrogen-bond acceptors (Lipinski definition) is 3. The van der Waals surface area contributed by atoms with E-state index >= 15 is 0 Å². The summed E-state index contributed by atoms with van der Waals surface area (Å²) in [6, 6.07) is 1.63. The van der Waals surface area contributed by atoms with Crippen LogP contribution in [0.15, 0.2) is 12.3 Å². The van der Waals surface area contributed by atoms with Crippen LogP contribution in [0.4, 0.5) is 0 Å². The number of carboxylic acids is 1. The summed E-state index contributed by atoms with van der Waals surface area (Å²) in [7, 11) is 1.91. The fourth-order valence-corrected chi connectivity index (χ4v) is 2.41. The van der Waals surface area contributed by atoms with Crippen LogP contribution in [-0.2, 0) is 11.8 Å². The van der Waals surface area contributed by atoms with Crippen molar-refractivity contribution in [3.8, 4) is 0 Å². The molecule has 1 saturated heterocycles.